The molecule has 28 heavy (non-hydrogen) atoms. The van der Waals surface area contributed by atoms with E-state index < -0.39 is 17.5 Å². The number of carbonyl (C=O) groups is 1. The largest absolute Gasteiger partial charge is 0.489 e. The summed E-state index contributed by atoms with van der Waals surface area (Å²) in [5.74, 6) is -0.989. The molecule has 150 valence electrons. The van der Waals surface area contributed by atoms with Crippen molar-refractivity contribution in [2.75, 3.05) is 26.4 Å². The highest BCUT2D eigenvalue weighted by Gasteiger charge is 2.19. The van der Waals surface area contributed by atoms with Crippen molar-refractivity contribution in [3.63, 3.8) is 0 Å². The minimum atomic E-state index is -0.772. The van der Waals surface area contributed by atoms with E-state index in [4.69, 9.17) is 4.74 Å². The molecule has 1 heterocycles. The van der Waals surface area contributed by atoms with E-state index in [2.05, 4.69) is 22.7 Å². The number of likely N-dealkylation sites (tertiary alicyclic amines) is 1. The summed E-state index contributed by atoms with van der Waals surface area (Å²) in [6, 6.07) is 9.73. The maximum Gasteiger partial charge on any atom is 0.264 e. The zero-order chi connectivity index (χ0) is 20.1. The molecule has 3 rings (SSSR count). The summed E-state index contributed by atoms with van der Waals surface area (Å²) in [4.78, 5) is 14.1. The van der Waals surface area contributed by atoms with Gasteiger partial charge in [0.05, 0.1) is 5.56 Å². The van der Waals surface area contributed by atoms with Crippen molar-refractivity contribution in [2.45, 2.75) is 25.4 Å². The highest BCUT2D eigenvalue weighted by Crippen LogP contribution is 2.30. The number of ether oxygens (including phenoxy) is 1. The van der Waals surface area contributed by atoms with E-state index in [-0.39, 0.29) is 17.7 Å². The first-order valence-corrected chi connectivity index (χ1v) is 10.4. The molecule has 1 aliphatic heterocycles. The minimum Gasteiger partial charge on any atom is -0.489 e. The van der Waals surface area contributed by atoms with E-state index in [1.54, 1.807) is 6.26 Å². The molecule has 0 unspecified atom stereocenters. The predicted molar refractivity (Wildman–Crippen MR) is 108 cm³/mol. The summed E-state index contributed by atoms with van der Waals surface area (Å²) in [5, 5.41) is 0. The fourth-order valence-corrected chi connectivity index (χ4v) is 3.68. The molecule has 1 saturated heterocycles. The average Bonchev–Trinajstić information content (AvgIpc) is 2.69. The molecule has 0 bridgehead atoms. The second-order valence-corrected chi connectivity index (χ2v) is 7.61. The van der Waals surface area contributed by atoms with Crippen LogP contribution in [0.25, 0.3) is 0 Å². The van der Waals surface area contributed by atoms with Crippen molar-refractivity contribution in [3.8, 4) is 5.75 Å². The van der Waals surface area contributed by atoms with Crippen LogP contribution < -0.4 is 9.46 Å². The third-order valence-electron chi connectivity index (χ3n) is 5.02. The summed E-state index contributed by atoms with van der Waals surface area (Å²) in [5.41, 5.74) is 0.962. The highest BCUT2D eigenvalue weighted by molar-refractivity contribution is 7.97. The fourth-order valence-electron chi connectivity index (χ4n) is 3.38. The lowest BCUT2D eigenvalue weighted by atomic mass is 9.89. The number of carbonyl (C=O) groups excluding carboxylic acids is 1. The van der Waals surface area contributed by atoms with Crippen LogP contribution in [0, 0.1) is 11.6 Å². The van der Waals surface area contributed by atoms with Gasteiger partial charge in [0.1, 0.15) is 24.0 Å². The summed E-state index contributed by atoms with van der Waals surface area (Å²) < 4.78 is 36.6. The summed E-state index contributed by atoms with van der Waals surface area (Å²) >= 11 is 1.03. The number of rotatable bonds is 6. The lowest BCUT2D eigenvalue weighted by Gasteiger charge is -2.29. The van der Waals surface area contributed by atoms with Crippen molar-refractivity contribution < 1.29 is 18.3 Å². The Hall–Kier alpha value is -2.12. The molecule has 0 spiro atoms. The lowest BCUT2D eigenvalue weighted by Crippen LogP contribution is -2.29. The van der Waals surface area contributed by atoms with Crippen molar-refractivity contribution >= 4 is 17.9 Å². The number of piperidine rings is 1. The highest BCUT2D eigenvalue weighted by atomic mass is 32.2. The Morgan fingerprint density at radius 1 is 1.21 bits per heavy atom. The molecule has 1 amide bonds. The molecule has 0 saturated carbocycles. The first-order valence-electron chi connectivity index (χ1n) is 9.20. The van der Waals surface area contributed by atoms with Gasteiger partial charge in [0.25, 0.3) is 5.91 Å². The number of benzene rings is 2. The first kappa shape index (κ1) is 20.6. The summed E-state index contributed by atoms with van der Waals surface area (Å²) in [7, 11) is 2.12. The molecule has 2 aromatic rings. The quantitative estimate of drug-likeness (QED) is 0.724. The van der Waals surface area contributed by atoms with Crippen LogP contribution in [-0.4, -0.2) is 37.2 Å². The van der Waals surface area contributed by atoms with Crippen LogP contribution in [0.1, 0.15) is 40.2 Å². The first-order chi connectivity index (χ1) is 13.5. The number of halogens is 2. The van der Waals surface area contributed by atoms with Gasteiger partial charge in [-0.05, 0) is 68.7 Å². The third kappa shape index (κ3) is 5.02. The fraction of sp³-hybridized carbons (Fsp3) is 0.381. The van der Waals surface area contributed by atoms with E-state index in [0.29, 0.717) is 11.7 Å². The van der Waals surface area contributed by atoms with Gasteiger partial charge in [0, 0.05) is 11.8 Å². The Morgan fingerprint density at radius 2 is 1.96 bits per heavy atom. The van der Waals surface area contributed by atoms with E-state index in [1.165, 1.54) is 5.56 Å². The lowest BCUT2D eigenvalue weighted by molar-refractivity contribution is 0.0980. The van der Waals surface area contributed by atoms with Crippen LogP contribution in [0.15, 0.2) is 36.4 Å². The van der Waals surface area contributed by atoms with Gasteiger partial charge in [-0.15, -0.1) is 0 Å². The monoisotopic (exact) mass is 406 g/mol. The van der Waals surface area contributed by atoms with Gasteiger partial charge in [0.15, 0.2) is 0 Å². The molecule has 2 aromatic carbocycles. The van der Waals surface area contributed by atoms with Gasteiger partial charge >= 0.3 is 0 Å². The van der Waals surface area contributed by atoms with E-state index in [1.807, 2.05) is 18.2 Å². The molecular weight excluding hydrogens is 382 g/mol. The average molecular weight is 406 g/mol. The van der Waals surface area contributed by atoms with E-state index in [9.17, 15) is 13.6 Å². The Balaban J connectivity index is 1.68. The van der Waals surface area contributed by atoms with Gasteiger partial charge in [0.2, 0.25) is 0 Å². The smallest absolute Gasteiger partial charge is 0.264 e. The van der Waals surface area contributed by atoms with Gasteiger partial charge < -0.3 is 9.64 Å². The molecule has 0 atom stereocenters. The predicted octanol–water partition coefficient (Wildman–Crippen LogP) is 4.36. The summed E-state index contributed by atoms with van der Waals surface area (Å²) in [6.07, 6.45) is 3.83. The van der Waals surface area contributed by atoms with Crippen LogP contribution in [0.2, 0.25) is 0 Å². The molecule has 0 aromatic heterocycles. The standard InChI is InChI=1S/C21H24F2N2O2S/c1-25-8-6-14(7-9-25)15-4-3-5-17(10-15)27-13-16-11-20(23)18(12-19(16)22)21(26)24-28-2/h3-5,10-12,14H,6-9,13H2,1-2H3,(H,24,26). The molecule has 0 radical (unpaired) electrons. The van der Waals surface area contributed by atoms with Crippen LogP contribution >= 0.6 is 11.9 Å². The molecule has 0 aliphatic carbocycles. The zero-order valence-electron chi connectivity index (χ0n) is 16.0. The normalized spacial score (nSPS) is 15.4. The molecule has 1 fully saturated rings. The minimum absolute atomic E-state index is 0.0721. The molecule has 1 aliphatic rings. The van der Waals surface area contributed by atoms with Crippen LogP contribution in [-0.2, 0) is 6.61 Å². The van der Waals surface area contributed by atoms with Crippen molar-refractivity contribution in [3.05, 3.63) is 64.7 Å². The molecule has 7 heteroatoms. The second-order valence-electron chi connectivity index (χ2n) is 7.00. The van der Waals surface area contributed by atoms with Crippen molar-refractivity contribution in [2.24, 2.45) is 0 Å². The number of amides is 1. The molecular formula is C21H24F2N2O2S. The SMILES string of the molecule is CSNC(=O)c1cc(F)c(COc2cccc(C3CCN(C)CC3)c2)cc1F. The Kier molecular flexibility index (Phi) is 6.91. The Morgan fingerprint density at radius 3 is 2.68 bits per heavy atom. The number of nitrogens with zero attached hydrogens (tertiary/aromatic N) is 1. The van der Waals surface area contributed by atoms with Gasteiger partial charge in [-0.2, -0.15) is 0 Å². The number of nitrogens with one attached hydrogen (secondary N) is 1. The van der Waals surface area contributed by atoms with Crippen LogP contribution in [0.4, 0.5) is 8.78 Å². The summed E-state index contributed by atoms with van der Waals surface area (Å²) in [6.45, 7) is 2.03. The van der Waals surface area contributed by atoms with Gasteiger partial charge in [-0.25, -0.2) is 8.78 Å². The van der Waals surface area contributed by atoms with E-state index in [0.717, 1.165) is 50.0 Å². The van der Waals surface area contributed by atoms with Crippen molar-refractivity contribution in [1.82, 2.24) is 9.62 Å². The maximum absolute atomic E-state index is 14.3. The maximum atomic E-state index is 14.3. The Bertz CT molecular complexity index is 839. The van der Waals surface area contributed by atoms with Crippen molar-refractivity contribution in [1.29, 1.82) is 0 Å². The van der Waals surface area contributed by atoms with Crippen LogP contribution in [0.5, 0.6) is 5.75 Å². The number of hydrogen-bond acceptors (Lipinski definition) is 4. The van der Waals surface area contributed by atoms with Gasteiger partial charge in [-0.1, -0.05) is 24.1 Å². The van der Waals surface area contributed by atoms with Crippen LogP contribution in [0.3, 0.4) is 0 Å². The molecule has 1 N–H and O–H groups in total. The third-order valence-corrected chi connectivity index (χ3v) is 5.41. The van der Waals surface area contributed by atoms with E-state index >= 15 is 0 Å². The topological polar surface area (TPSA) is 41.6 Å². The molecule has 4 nitrogen and oxygen atoms in total. The zero-order valence-corrected chi connectivity index (χ0v) is 16.8. The van der Waals surface area contributed by atoms with Gasteiger partial charge in [-0.3, -0.25) is 9.52 Å². The second kappa shape index (κ2) is 9.39. The Labute approximate surface area is 168 Å². The number of hydrogen-bond donors (Lipinski definition) is 1.